The highest BCUT2D eigenvalue weighted by Gasteiger charge is 2.77. The molecular weight excluding hydrogens is 670 g/mol. The van der Waals surface area contributed by atoms with Crippen molar-refractivity contribution >= 4 is 39.6 Å². The van der Waals surface area contributed by atoms with Gasteiger partial charge in [-0.15, -0.1) is 13.2 Å². The molecule has 2 bridgehead atoms. The summed E-state index contributed by atoms with van der Waals surface area (Å²) in [5.41, 5.74) is -0.613. The molecule has 0 aromatic heterocycles. The molecule has 1 unspecified atom stereocenters. The maximum absolute atomic E-state index is 14.4. The van der Waals surface area contributed by atoms with Crippen LogP contribution < -0.4 is 5.32 Å². The van der Waals surface area contributed by atoms with E-state index in [-0.39, 0.29) is 55.1 Å². The Labute approximate surface area is 285 Å². The van der Waals surface area contributed by atoms with Crippen molar-refractivity contribution in [3.8, 4) is 0 Å². The number of ether oxygens (including phenoxy) is 3. The number of likely N-dealkylation sites (tertiary alicyclic amines) is 1. The number of aliphatic hydroxyl groups is 1. The van der Waals surface area contributed by atoms with Crippen LogP contribution in [0.3, 0.4) is 0 Å². The number of rotatable bonds is 19. The monoisotopic (exact) mass is 717 g/mol. The third-order valence-corrected chi connectivity index (χ3v) is 10.1. The normalized spacial score (nSPS) is 27.2. The van der Waals surface area contributed by atoms with E-state index in [2.05, 4.69) is 34.4 Å². The molecule has 1 aromatic rings. The Morgan fingerprint density at radius 3 is 2.62 bits per heavy atom. The van der Waals surface area contributed by atoms with Gasteiger partial charge >= 0.3 is 5.97 Å². The molecule has 3 amide bonds. The number of nitrogens with one attached hydrogen (secondary N) is 1. The van der Waals surface area contributed by atoms with Gasteiger partial charge in [0.2, 0.25) is 17.7 Å². The minimum atomic E-state index is -1.26. The molecule has 3 saturated heterocycles. The summed E-state index contributed by atoms with van der Waals surface area (Å²) < 4.78 is 18.3. The lowest BCUT2D eigenvalue weighted by Crippen LogP contribution is -2.57. The average molecular weight is 719 g/mol. The highest BCUT2D eigenvalue weighted by Crippen LogP contribution is 2.60. The number of amides is 3. The zero-order chi connectivity index (χ0) is 34.1. The average Bonchev–Trinajstić information content (AvgIpc) is 3.66. The Balaban J connectivity index is 1.70. The summed E-state index contributed by atoms with van der Waals surface area (Å²) in [6.45, 7) is 10.4. The fourth-order valence-corrected chi connectivity index (χ4v) is 8.20. The smallest absolute Gasteiger partial charge is 0.313 e. The molecule has 1 aromatic carbocycles. The Bertz CT molecular complexity index is 1280. The van der Waals surface area contributed by atoms with Crippen molar-refractivity contribution in [2.24, 2.45) is 11.8 Å². The van der Waals surface area contributed by atoms with Gasteiger partial charge in [-0.3, -0.25) is 19.2 Å². The summed E-state index contributed by atoms with van der Waals surface area (Å²) in [5.74, 6) is -3.49. The number of nitrogens with zero attached hydrogens (tertiary/aromatic N) is 2. The molecule has 3 heterocycles. The maximum Gasteiger partial charge on any atom is 0.313 e. The zero-order valence-electron chi connectivity index (χ0n) is 27.4. The number of unbranched alkanes of at least 4 members (excludes halogenated alkanes) is 1. The molecule has 8 atom stereocenters. The summed E-state index contributed by atoms with van der Waals surface area (Å²) in [5, 5.41) is 12.6. The number of fused-ring (bicyclic) bond motifs is 1. The number of hydrogen-bond acceptors (Lipinski definition) is 8. The van der Waals surface area contributed by atoms with Crippen molar-refractivity contribution in [1.29, 1.82) is 0 Å². The third-order valence-electron chi connectivity index (χ3n) is 9.30. The quantitative estimate of drug-likeness (QED) is 0.127. The van der Waals surface area contributed by atoms with Gasteiger partial charge in [0.25, 0.3) is 0 Å². The second kappa shape index (κ2) is 16.9. The highest BCUT2D eigenvalue weighted by molar-refractivity contribution is 9.09. The lowest BCUT2D eigenvalue weighted by atomic mass is 9.70. The second-order valence-corrected chi connectivity index (χ2v) is 13.6. The summed E-state index contributed by atoms with van der Waals surface area (Å²) in [4.78, 5) is 58.7. The number of benzene rings is 1. The van der Waals surface area contributed by atoms with E-state index in [0.717, 1.165) is 12.8 Å². The van der Waals surface area contributed by atoms with Crippen LogP contribution in [0.1, 0.15) is 57.1 Å². The first kappa shape index (κ1) is 36.8. The summed E-state index contributed by atoms with van der Waals surface area (Å²) >= 11 is 3.71. The number of halogens is 1. The molecule has 4 rings (SSSR count). The third kappa shape index (κ3) is 7.66. The molecule has 0 radical (unpaired) electrons. The van der Waals surface area contributed by atoms with Gasteiger partial charge in [0, 0.05) is 44.6 Å². The van der Waals surface area contributed by atoms with Crippen LogP contribution >= 0.6 is 15.9 Å². The molecule has 11 nitrogen and oxygen atoms in total. The van der Waals surface area contributed by atoms with Crippen LogP contribution in [0, 0.1) is 11.8 Å². The summed E-state index contributed by atoms with van der Waals surface area (Å²) in [6.07, 6.45) is 4.64. The predicted molar refractivity (Wildman–Crippen MR) is 179 cm³/mol. The van der Waals surface area contributed by atoms with E-state index in [1.165, 1.54) is 12.0 Å². The largest absolute Gasteiger partial charge is 0.455 e. The van der Waals surface area contributed by atoms with Crippen LogP contribution in [0.5, 0.6) is 0 Å². The Morgan fingerprint density at radius 2 is 1.98 bits per heavy atom. The van der Waals surface area contributed by atoms with Crippen molar-refractivity contribution in [3.05, 3.63) is 61.2 Å². The SMILES string of the molecule is C=CCCC(=O)N[C@H](COC)[C@H](OC(=O)[C@@H]1[C@H]2O[C@@]3(CC2Br)[C@H](C(=O)N(CC=C)CCCC)N(CCCO)C(=O)[C@@H]13)c1ccccc1. The van der Waals surface area contributed by atoms with Crippen molar-refractivity contribution in [2.45, 2.75) is 80.2 Å². The topological polar surface area (TPSA) is 135 Å². The number of carbonyl (C=O) groups is 4. The Morgan fingerprint density at radius 1 is 1.23 bits per heavy atom. The zero-order valence-corrected chi connectivity index (χ0v) is 28.9. The Kier molecular flexibility index (Phi) is 13.2. The lowest BCUT2D eigenvalue weighted by Gasteiger charge is -2.37. The van der Waals surface area contributed by atoms with E-state index in [1.807, 2.05) is 25.1 Å². The number of aliphatic hydroxyl groups excluding tert-OH is 1. The first-order valence-electron chi connectivity index (χ1n) is 16.5. The number of esters is 1. The highest BCUT2D eigenvalue weighted by atomic mass is 79.9. The minimum Gasteiger partial charge on any atom is -0.455 e. The fourth-order valence-electron chi connectivity index (χ4n) is 7.25. The van der Waals surface area contributed by atoms with Crippen LogP contribution in [0.2, 0.25) is 0 Å². The number of alkyl halides is 1. The van der Waals surface area contributed by atoms with Gasteiger partial charge in [-0.2, -0.15) is 0 Å². The van der Waals surface area contributed by atoms with E-state index >= 15 is 0 Å². The van der Waals surface area contributed by atoms with Gasteiger partial charge in [0.15, 0.2) is 0 Å². The van der Waals surface area contributed by atoms with Crippen molar-refractivity contribution in [2.75, 3.05) is 40.0 Å². The molecule has 258 valence electrons. The van der Waals surface area contributed by atoms with Crippen molar-refractivity contribution < 1.29 is 38.5 Å². The molecule has 3 aliphatic rings. The first-order valence-corrected chi connectivity index (χ1v) is 17.4. The molecule has 3 aliphatic heterocycles. The Hall–Kier alpha value is -3.06. The van der Waals surface area contributed by atoms with Gasteiger partial charge in [-0.25, -0.2) is 0 Å². The van der Waals surface area contributed by atoms with Crippen molar-refractivity contribution in [1.82, 2.24) is 15.1 Å². The summed E-state index contributed by atoms with van der Waals surface area (Å²) in [6, 6.07) is 7.38. The molecule has 3 fully saturated rings. The number of hydrogen-bond donors (Lipinski definition) is 2. The molecule has 12 heteroatoms. The standard InChI is InChI=1S/C35H48BrN3O8/c1-5-8-16-26(41)37-25(22-45-4)29(23-14-11-10-12-15-23)46-34(44)27-28-32(42)39(19-13-20-40)31(35(28)21-24(36)30(27)47-35)33(43)38(17-7-3)18-9-6-2/h5,7,10-12,14-15,24-25,27-31,40H,1,3,6,8-9,13,16-22H2,2,4H3,(H,37,41)/t24?,25-,27+,28-,29-,30+,31+,35-/m1/s1. The van der Waals surface area contributed by atoms with Gasteiger partial charge < -0.3 is 34.4 Å². The molecule has 0 aliphatic carbocycles. The second-order valence-electron chi connectivity index (χ2n) is 12.4. The number of carbonyl (C=O) groups excluding carboxylic acids is 4. The van der Waals surface area contributed by atoms with E-state index in [4.69, 9.17) is 14.2 Å². The van der Waals surface area contributed by atoms with Crippen LogP contribution in [0.25, 0.3) is 0 Å². The van der Waals surface area contributed by atoms with Crippen LogP contribution in [0.15, 0.2) is 55.6 Å². The van der Waals surface area contributed by atoms with E-state index in [0.29, 0.717) is 31.5 Å². The van der Waals surface area contributed by atoms with Crippen LogP contribution in [-0.2, 0) is 33.4 Å². The van der Waals surface area contributed by atoms with Crippen molar-refractivity contribution in [3.63, 3.8) is 0 Å². The van der Waals surface area contributed by atoms with Crippen LogP contribution in [0.4, 0.5) is 0 Å². The predicted octanol–water partition coefficient (Wildman–Crippen LogP) is 3.31. The van der Waals surface area contributed by atoms with Gasteiger partial charge in [0.05, 0.1) is 30.6 Å². The van der Waals surface area contributed by atoms with E-state index in [9.17, 15) is 24.3 Å². The first-order chi connectivity index (χ1) is 22.7. The maximum atomic E-state index is 14.4. The summed E-state index contributed by atoms with van der Waals surface area (Å²) in [7, 11) is 1.50. The van der Waals surface area contributed by atoms with E-state index in [1.54, 1.807) is 29.2 Å². The number of allylic oxidation sites excluding steroid dienone is 1. The molecule has 0 saturated carbocycles. The molecule has 2 N–H and O–H groups in total. The van der Waals surface area contributed by atoms with Gasteiger partial charge in [-0.1, -0.05) is 71.8 Å². The lowest BCUT2D eigenvalue weighted by molar-refractivity contribution is -0.163. The molecular formula is C35H48BrN3O8. The van der Waals surface area contributed by atoms with Gasteiger partial charge in [-0.05, 0) is 31.2 Å². The molecule has 47 heavy (non-hydrogen) atoms. The van der Waals surface area contributed by atoms with Crippen LogP contribution in [-0.4, -0.2) is 107 Å². The van der Waals surface area contributed by atoms with Gasteiger partial charge in [0.1, 0.15) is 17.7 Å². The molecule has 1 spiro atoms. The fraction of sp³-hybridized carbons (Fsp3) is 0.600. The number of methoxy groups -OCH3 is 1. The minimum absolute atomic E-state index is 0.0625. The van der Waals surface area contributed by atoms with E-state index < -0.39 is 47.7 Å².